The minimum atomic E-state index is 0. The van der Waals surface area contributed by atoms with Crippen molar-refractivity contribution in [2.45, 2.75) is 19.4 Å². The van der Waals surface area contributed by atoms with Gasteiger partial charge in [-0.25, -0.2) is 0 Å². The Morgan fingerprint density at radius 1 is 1.36 bits per heavy atom. The summed E-state index contributed by atoms with van der Waals surface area (Å²) in [7, 11) is 1.52. The summed E-state index contributed by atoms with van der Waals surface area (Å²) in [5.74, 6) is 0.518. The zero-order valence-corrected chi connectivity index (χ0v) is 14.5. The molecular formula is C15H23Cl2N3O2. The molecule has 0 aliphatic carbocycles. The molecule has 0 aromatic heterocycles. The average molecular weight is 348 g/mol. The van der Waals surface area contributed by atoms with Crippen LogP contribution in [0.25, 0.3) is 0 Å². The molecule has 1 heterocycles. The Hall–Kier alpha value is -1.19. The largest absolute Gasteiger partial charge is 0.504 e. The minimum absolute atomic E-state index is 0. The number of hydrogen-bond acceptors (Lipinski definition) is 5. The number of aromatic hydroxyl groups is 1. The molecule has 1 saturated heterocycles. The smallest absolute Gasteiger partial charge is 0.163 e. The maximum Gasteiger partial charge on any atom is 0.163 e. The normalized spacial score (nSPS) is 15.9. The van der Waals surface area contributed by atoms with E-state index in [1.807, 2.05) is 0 Å². The number of phenolic OH excluding ortho intramolecular Hbond substituents is 1. The van der Waals surface area contributed by atoms with Gasteiger partial charge < -0.3 is 15.2 Å². The summed E-state index contributed by atoms with van der Waals surface area (Å²) < 4.78 is 5.18. The average Bonchev–Trinajstić information content (AvgIpc) is 2.50. The molecule has 1 fully saturated rings. The molecule has 0 saturated carbocycles. The first-order valence-corrected chi connectivity index (χ1v) is 6.97. The zero-order valence-electron chi connectivity index (χ0n) is 12.8. The highest BCUT2D eigenvalue weighted by molar-refractivity contribution is 5.85. The van der Waals surface area contributed by atoms with E-state index in [4.69, 9.17) is 4.74 Å². The molecule has 0 radical (unpaired) electrons. The molecule has 1 aliphatic heterocycles. The molecule has 5 nitrogen and oxygen atoms in total. The standard InChI is InChI=1S/C15H21N3O2.2ClH/c1-3-12(18-8-6-17-7-9-18)14-11(10-16)4-5-13(20-2)15(14)19;;/h4-5,12,17,19H,3,6-9H2,1-2H3;2*1H/t12-;;/m1../s1. The topological polar surface area (TPSA) is 68.5 Å². The summed E-state index contributed by atoms with van der Waals surface area (Å²) in [6.45, 7) is 5.78. The number of ether oxygens (including phenoxy) is 1. The number of phenols is 1. The first-order chi connectivity index (χ1) is 9.72. The van der Waals surface area contributed by atoms with Crippen molar-refractivity contribution in [1.82, 2.24) is 10.2 Å². The summed E-state index contributed by atoms with van der Waals surface area (Å²) in [5.41, 5.74) is 1.21. The van der Waals surface area contributed by atoms with Gasteiger partial charge in [0.25, 0.3) is 0 Å². The maximum atomic E-state index is 10.4. The van der Waals surface area contributed by atoms with Gasteiger partial charge >= 0.3 is 0 Å². The second-order valence-electron chi connectivity index (χ2n) is 4.90. The molecule has 124 valence electrons. The monoisotopic (exact) mass is 347 g/mol. The molecule has 0 unspecified atom stereocenters. The maximum absolute atomic E-state index is 10.4. The summed E-state index contributed by atoms with van der Waals surface area (Å²) in [5, 5.41) is 23.0. The summed E-state index contributed by atoms with van der Waals surface area (Å²) >= 11 is 0. The fraction of sp³-hybridized carbons (Fsp3) is 0.533. The van der Waals surface area contributed by atoms with Crippen molar-refractivity contribution in [2.24, 2.45) is 0 Å². The van der Waals surface area contributed by atoms with Crippen LogP contribution in [-0.2, 0) is 0 Å². The van der Waals surface area contributed by atoms with Crippen LogP contribution in [0, 0.1) is 11.3 Å². The highest BCUT2D eigenvalue weighted by Crippen LogP contribution is 2.39. The van der Waals surface area contributed by atoms with E-state index in [9.17, 15) is 10.4 Å². The number of halogens is 2. The van der Waals surface area contributed by atoms with Gasteiger partial charge in [-0.3, -0.25) is 4.90 Å². The van der Waals surface area contributed by atoms with Gasteiger partial charge in [-0.2, -0.15) is 5.26 Å². The lowest BCUT2D eigenvalue weighted by Crippen LogP contribution is -2.45. The summed E-state index contributed by atoms with van der Waals surface area (Å²) in [4.78, 5) is 2.31. The van der Waals surface area contributed by atoms with Gasteiger partial charge in [0.05, 0.1) is 18.7 Å². The molecular weight excluding hydrogens is 325 g/mol. The quantitative estimate of drug-likeness (QED) is 0.875. The van der Waals surface area contributed by atoms with Crippen molar-refractivity contribution >= 4 is 24.8 Å². The fourth-order valence-corrected chi connectivity index (χ4v) is 2.83. The number of nitrogens with one attached hydrogen (secondary N) is 1. The van der Waals surface area contributed by atoms with E-state index in [0.29, 0.717) is 16.9 Å². The van der Waals surface area contributed by atoms with Gasteiger partial charge in [0.2, 0.25) is 0 Å². The van der Waals surface area contributed by atoms with Crippen LogP contribution < -0.4 is 10.1 Å². The third-order valence-electron chi connectivity index (χ3n) is 3.83. The number of nitriles is 1. The van der Waals surface area contributed by atoms with Crippen LogP contribution in [0.15, 0.2) is 12.1 Å². The Kier molecular flexibility index (Phi) is 9.22. The molecule has 1 aliphatic rings. The van der Waals surface area contributed by atoms with E-state index in [0.717, 1.165) is 32.6 Å². The number of rotatable bonds is 4. The lowest BCUT2D eigenvalue weighted by Gasteiger charge is -2.35. The predicted octanol–water partition coefficient (Wildman–Crippen LogP) is 2.47. The van der Waals surface area contributed by atoms with Crippen LogP contribution >= 0.6 is 24.8 Å². The fourth-order valence-electron chi connectivity index (χ4n) is 2.83. The zero-order chi connectivity index (χ0) is 14.5. The van der Waals surface area contributed by atoms with E-state index in [-0.39, 0.29) is 36.6 Å². The van der Waals surface area contributed by atoms with Crippen LogP contribution in [0.4, 0.5) is 0 Å². The lowest BCUT2D eigenvalue weighted by molar-refractivity contribution is 0.166. The minimum Gasteiger partial charge on any atom is -0.504 e. The van der Waals surface area contributed by atoms with Gasteiger partial charge in [-0.1, -0.05) is 6.92 Å². The van der Waals surface area contributed by atoms with Crippen molar-refractivity contribution in [1.29, 1.82) is 5.26 Å². The van der Waals surface area contributed by atoms with Gasteiger partial charge in [-0.05, 0) is 18.6 Å². The number of benzene rings is 1. The predicted molar refractivity (Wildman–Crippen MR) is 91.3 cm³/mol. The Balaban J connectivity index is 0.00000220. The third kappa shape index (κ3) is 4.17. The van der Waals surface area contributed by atoms with Crippen molar-refractivity contribution in [3.63, 3.8) is 0 Å². The lowest BCUT2D eigenvalue weighted by atomic mass is 9.95. The van der Waals surface area contributed by atoms with E-state index in [1.165, 1.54) is 7.11 Å². The second-order valence-corrected chi connectivity index (χ2v) is 4.90. The van der Waals surface area contributed by atoms with Crippen molar-refractivity contribution in [3.05, 3.63) is 23.3 Å². The number of nitrogens with zero attached hydrogens (tertiary/aromatic N) is 2. The molecule has 0 bridgehead atoms. The van der Waals surface area contributed by atoms with Crippen LogP contribution in [0.3, 0.4) is 0 Å². The summed E-state index contributed by atoms with van der Waals surface area (Å²) in [6.07, 6.45) is 0.843. The van der Waals surface area contributed by atoms with E-state index in [2.05, 4.69) is 23.2 Å². The molecule has 2 rings (SSSR count). The number of methoxy groups -OCH3 is 1. The first-order valence-electron chi connectivity index (χ1n) is 6.97. The molecule has 0 spiro atoms. The van der Waals surface area contributed by atoms with Crippen molar-refractivity contribution in [3.8, 4) is 17.6 Å². The Morgan fingerprint density at radius 3 is 2.50 bits per heavy atom. The van der Waals surface area contributed by atoms with E-state index >= 15 is 0 Å². The molecule has 1 atom stereocenters. The van der Waals surface area contributed by atoms with Crippen LogP contribution in [0.5, 0.6) is 11.5 Å². The highest BCUT2D eigenvalue weighted by Gasteiger charge is 2.27. The van der Waals surface area contributed by atoms with Gasteiger partial charge in [0, 0.05) is 37.8 Å². The number of hydrogen-bond donors (Lipinski definition) is 2. The Bertz CT molecular complexity index is 514. The summed E-state index contributed by atoms with van der Waals surface area (Å²) in [6, 6.07) is 5.59. The Labute approximate surface area is 144 Å². The van der Waals surface area contributed by atoms with Crippen molar-refractivity contribution in [2.75, 3.05) is 33.3 Å². The SMILES string of the molecule is CC[C@H](c1c(C#N)ccc(OC)c1O)N1CCNCC1.Cl.Cl. The van der Waals surface area contributed by atoms with Gasteiger partial charge in [0.15, 0.2) is 11.5 Å². The molecule has 2 N–H and O–H groups in total. The van der Waals surface area contributed by atoms with Gasteiger partial charge in [-0.15, -0.1) is 24.8 Å². The highest BCUT2D eigenvalue weighted by atomic mass is 35.5. The van der Waals surface area contributed by atoms with Crippen LogP contribution in [0.2, 0.25) is 0 Å². The molecule has 1 aromatic rings. The van der Waals surface area contributed by atoms with Crippen LogP contribution in [-0.4, -0.2) is 43.3 Å². The molecule has 22 heavy (non-hydrogen) atoms. The van der Waals surface area contributed by atoms with Gasteiger partial charge in [0.1, 0.15) is 0 Å². The molecule has 0 amide bonds. The first kappa shape index (κ1) is 20.8. The number of piperazine rings is 1. The Morgan fingerprint density at radius 2 is 2.00 bits per heavy atom. The second kappa shape index (κ2) is 9.75. The molecule has 1 aromatic carbocycles. The third-order valence-corrected chi connectivity index (χ3v) is 3.83. The van der Waals surface area contributed by atoms with Crippen LogP contribution in [0.1, 0.15) is 30.5 Å². The van der Waals surface area contributed by atoms with Crippen molar-refractivity contribution < 1.29 is 9.84 Å². The van der Waals surface area contributed by atoms with E-state index in [1.54, 1.807) is 12.1 Å². The molecule has 7 heteroatoms. The van der Waals surface area contributed by atoms with E-state index < -0.39 is 0 Å².